The van der Waals surface area contributed by atoms with Crippen LogP contribution in [-0.4, -0.2) is 35.0 Å². The first-order valence-electron chi connectivity index (χ1n) is 6.68. The van der Waals surface area contributed by atoms with Crippen LogP contribution in [0.5, 0.6) is 0 Å². The van der Waals surface area contributed by atoms with E-state index in [1.54, 1.807) is 0 Å². The van der Waals surface area contributed by atoms with Crippen molar-refractivity contribution >= 4 is 28.7 Å². The molecule has 1 aliphatic carbocycles. The first-order chi connectivity index (χ1) is 8.24. The zero-order valence-electron chi connectivity index (χ0n) is 11.0. The van der Waals surface area contributed by atoms with Crippen molar-refractivity contribution in [1.82, 2.24) is 5.32 Å². The molecule has 0 aromatic rings. The maximum atomic E-state index is 4.69. The Labute approximate surface area is 114 Å². The molecule has 1 heterocycles. The number of aliphatic imine (C=N–C) groups is 1. The largest absolute Gasteiger partial charge is 0.359 e. The summed E-state index contributed by atoms with van der Waals surface area (Å²) in [4.78, 5) is 4.69. The second kappa shape index (κ2) is 6.37. The molecule has 1 saturated heterocycles. The first kappa shape index (κ1) is 13.6. The molecule has 4 heteroatoms. The number of amidine groups is 1. The molecule has 0 aromatic heterocycles. The van der Waals surface area contributed by atoms with Crippen LogP contribution in [0.1, 0.15) is 39.0 Å². The smallest absolute Gasteiger partial charge is 0.157 e. The molecule has 2 nitrogen and oxygen atoms in total. The van der Waals surface area contributed by atoms with Gasteiger partial charge in [0, 0.05) is 17.8 Å². The average molecular weight is 272 g/mol. The SMILES string of the molecule is CSCCCN=C1NC2(CCCC(C)C2)CS1. The van der Waals surface area contributed by atoms with Gasteiger partial charge >= 0.3 is 0 Å². The molecule has 2 atom stereocenters. The summed E-state index contributed by atoms with van der Waals surface area (Å²) in [5.41, 5.74) is 0.390. The predicted octanol–water partition coefficient (Wildman–Crippen LogP) is 3.38. The number of nitrogens with one attached hydrogen (secondary N) is 1. The maximum absolute atomic E-state index is 4.69. The van der Waals surface area contributed by atoms with Crippen LogP contribution >= 0.6 is 23.5 Å². The summed E-state index contributed by atoms with van der Waals surface area (Å²) in [5.74, 6) is 3.34. The second-order valence-corrected chi connectivity index (χ2v) is 7.38. The minimum Gasteiger partial charge on any atom is -0.359 e. The second-order valence-electron chi connectivity index (χ2n) is 5.43. The Morgan fingerprint density at radius 2 is 2.47 bits per heavy atom. The molecule has 2 aliphatic rings. The van der Waals surface area contributed by atoms with Crippen molar-refractivity contribution in [2.45, 2.75) is 44.6 Å². The van der Waals surface area contributed by atoms with Crippen LogP contribution in [0.15, 0.2) is 4.99 Å². The highest BCUT2D eigenvalue weighted by atomic mass is 32.2. The van der Waals surface area contributed by atoms with Gasteiger partial charge in [0.1, 0.15) is 0 Å². The highest BCUT2D eigenvalue weighted by Crippen LogP contribution is 2.38. The number of thioether (sulfide) groups is 2. The fourth-order valence-corrected chi connectivity index (χ4v) is 4.52. The molecule has 1 saturated carbocycles. The van der Waals surface area contributed by atoms with Crippen LogP contribution in [0.4, 0.5) is 0 Å². The molecular formula is C13H24N2S2. The Balaban J connectivity index is 1.81. The van der Waals surface area contributed by atoms with E-state index >= 15 is 0 Å². The van der Waals surface area contributed by atoms with Crippen LogP contribution in [-0.2, 0) is 0 Å². The average Bonchev–Trinajstić information content (AvgIpc) is 2.67. The van der Waals surface area contributed by atoms with E-state index in [9.17, 15) is 0 Å². The van der Waals surface area contributed by atoms with Crippen molar-refractivity contribution in [1.29, 1.82) is 0 Å². The lowest BCUT2D eigenvalue weighted by Crippen LogP contribution is -2.47. The molecule has 2 rings (SSSR count). The van der Waals surface area contributed by atoms with Crippen LogP contribution in [0.2, 0.25) is 0 Å². The number of hydrogen-bond acceptors (Lipinski definition) is 3. The lowest BCUT2D eigenvalue weighted by Gasteiger charge is -2.36. The Kier molecular flexibility index (Phi) is 5.10. The fourth-order valence-electron chi connectivity index (χ4n) is 2.88. The van der Waals surface area contributed by atoms with Crippen LogP contribution in [0.3, 0.4) is 0 Å². The number of rotatable bonds is 4. The van der Waals surface area contributed by atoms with E-state index in [-0.39, 0.29) is 0 Å². The van der Waals surface area contributed by atoms with E-state index in [1.807, 2.05) is 23.5 Å². The number of hydrogen-bond donors (Lipinski definition) is 1. The van der Waals surface area contributed by atoms with Gasteiger partial charge in [-0.05, 0) is 37.2 Å². The van der Waals surface area contributed by atoms with Gasteiger partial charge in [-0.15, -0.1) is 0 Å². The molecular weight excluding hydrogens is 248 g/mol. The topological polar surface area (TPSA) is 24.4 Å². The molecule has 1 spiro atoms. The van der Waals surface area contributed by atoms with Gasteiger partial charge in [-0.1, -0.05) is 31.5 Å². The lowest BCUT2D eigenvalue weighted by atomic mass is 9.78. The van der Waals surface area contributed by atoms with Crippen LogP contribution in [0.25, 0.3) is 0 Å². The fraction of sp³-hybridized carbons (Fsp3) is 0.923. The van der Waals surface area contributed by atoms with Gasteiger partial charge in [0.05, 0.1) is 0 Å². The van der Waals surface area contributed by atoms with Crippen molar-refractivity contribution in [3.8, 4) is 0 Å². The quantitative estimate of drug-likeness (QED) is 0.794. The molecule has 0 amide bonds. The highest BCUT2D eigenvalue weighted by Gasteiger charge is 2.40. The standard InChI is InChI=1S/C13H24N2S2/c1-11-5-3-6-13(9-11)10-17-12(15-13)14-7-4-8-16-2/h11H,3-10H2,1-2H3,(H,14,15). The van der Waals surface area contributed by atoms with Gasteiger partial charge in [0.15, 0.2) is 5.17 Å². The summed E-state index contributed by atoms with van der Waals surface area (Å²) in [7, 11) is 0. The van der Waals surface area contributed by atoms with E-state index in [2.05, 4.69) is 18.5 Å². The van der Waals surface area contributed by atoms with Crippen molar-refractivity contribution in [2.75, 3.05) is 24.3 Å². The van der Waals surface area contributed by atoms with Gasteiger partial charge in [0.2, 0.25) is 0 Å². The normalized spacial score (nSPS) is 35.4. The summed E-state index contributed by atoms with van der Waals surface area (Å²) >= 11 is 3.85. The molecule has 0 aromatic carbocycles. The third-order valence-corrected chi connectivity index (χ3v) is 5.61. The van der Waals surface area contributed by atoms with E-state index in [4.69, 9.17) is 4.99 Å². The van der Waals surface area contributed by atoms with E-state index in [1.165, 1.54) is 48.8 Å². The zero-order chi connectivity index (χ0) is 12.1. The third kappa shape index (κ3) is 3.82. The van der Waals surface area contributed by atoms with Gasteiger partial charge in [-0.25, -0.2) is 0 Å². The molecule has 0 radical (unpaired) electrons. The molecule has 0 bridgehead atoms. The molecule has 1 N–H and O–H groups in total. The minimum absolute atomic E-state index is 0.390. The minimum atomic E-state index is 0.390. The molecule has 98 valence electrons. The van der Waals surface area contributed by atoms with E-state index in [0.717, 1.165) is 12.5 Å². The van der Waals surface area contributed by atoms with Gasteiger partial charge in [-0.2, -0.15) is 11.8 Å². The molecule has 2 unspecified atom stereocenters. The van der Waals surface area contributed by atoms with Gasteiger partial charge < -0.3 is 5.32 Å². The summed E-state index contributed by atoms with van der Waals surface area (Å²) in [6.07, 6.45) is 8.84. The van der Waals surface area contributed by atoms with Crippen molar-refractivity contribution in [3.63, 3.8) is 0 Å². The predicted molar refractivity (Wildman–Crippen MR) is 81.3 cm³/mol. The Morgan fingerprint density at radius 3 is 3.24 bits per heavy atom. The third-order valence-electron chi connectivity index (χ3n) is 3.71. The van der Waals surface area contributed by atoms with Crippen molar-refractivity contribution in [2.24, 2.45) is 10.9 Å². The molecule has 17 heavy (non-hydrogen) atoms. The van der Waals surface area contributed by atoms with Gasteiger partial charge in [-0.3, -0.25) is 4.99 Å². The lowest BCUT2D eigenvalue weighted by molar-refractivity contribution is 0.242. The molecule has 2 fully saturated rings. The maximum Gasteiger partial charge on any atom is 0.157 e. The zero-order valence-corrected chi connectivity index (χ0v) is 12.6. The monoisotopic (exact) mass is 272 g/mol. The molecule has 1 aliphatic heterocycles. The summed E-state index contributed by atoms with van der Waals surface area (Å²) in [5, 5.41) is 4.93. The van der Waals surface area contributed by atoms with Crippen LogP contribution < -0.4 is 5.32 Å². The van der Waals surface area contributed by atoms with Crippen molar-refractivity contribution in [3.05, 3.63) is 0 Å². The summed E-state index contributed by atoms with van der Waals surface area (Å²) in [6, 6.07) is 0. The first-order valence-corrected chi connectivity index (χ1v) is 9.06. The van der Waals surface area contributed by atoms with Gasteiger partial charge in [0.25, 0.3) is 0 Å². The number of nitrogens with zero attached hydrogens (tertiary/aromatic N) is 1. The van der Waals surface area contributed by atoms with E-state index in [0.29, 0.717) is 5.54 Å². The van der Waals surface area contributed by atoms with Crippen LogP contribution in [0, 0.1) is 5.92 Å². The van der Waals surface area contributed by atoms with E-state index < -0.39 is 0 Å². The summed E-state index contributed by atoms with van der Waals surface area (Å²) < 4.78 is 0. The summed E-state index contributed by atoms with van der Waals surface area (Å²) in [6.45, 7) is 3.38. The Hall–Kier alpha value is 0.170. The van der Waals surface area contributed by atoms with Crippen molar-refractivity contribution < 1.29 is 0 Å². The Morgan fingerprint density at radius 1 is 1.59 bits per heavy atom. The Bertz CT molecular complexity index is 281. The highest BCUT2D eigenvalue weighted by molar-refractivity contribution is 8.14.